The molecule has 0 aliphatic carbocycles. The molecular formula is C22H19FN4O4S. The van der Waals surface area contributed by atoms with E-state index in [4.69, 9.17) is 9.47 Å². The van der Waals surface area contributed by atoms with Crippen molar-refractivity contribution in [2.75, 3.05) is 24.3 Å². The summed E-state index contributed by atoms with van der Waals surface area (Å²) in [6.07, 6.45) is 0. The van der Waals surface area contributed by atoms with Crippen LogP contribution in [0.1, 0.15) is 0 Å². The number of nitrogens with zero attached hydrogens (tertiary/aromatic N) is 2. The van der Waals surface area contributed by atoms with Crippen molar-refractivity contribution in [3.63, 3.8) is 0 Å². The zero-order valence-corrected chi connectivity index (χ0v) is 18.0. The maximum atomic E-state index is 13.6. The fourth-order valence-corrected chi connectivity index (χ4v) is 4.04. The van der Waals surface area contributed by atoms with Crippen molar-refractivity contribution in [1.82, 2.24) is 9.97 Å². The molecule has 0 saturated heterocycles. The molecular weight excluding hydrogens is 435 g/mol. The fourth-order valence-electron chi connectivity index (χ4n) is 3.00. The summed E-state index contributed by atoms with van der Waals surface area (Å²) in [5.74, 6) is 0.498. The summed E-state index contributed by atoms with van der Waals surface area (Å²) in [5.41, 5.74) is 1.58. The van der Waals surface area contributed by atoms with Gasteiger partial charge in [-0.25, -0.2) is 22.8 Å². The van der Waals surface area contributed by atoms with Gasteiger partial charge in [0.15, 0.2) is 11.6 Å². The Bertz CT molecular complexity index is 1370. The quantitative estimate of drug-likeness (QED) is 0.428. The lowest BCUT2D eigenvalue weighted by Crippen LogP contribution is -2.16. The van der Waals surface area contributed by atoms with Gasteiger partial charge < -0.3 is 14.8 Å². The van der Waals surface area contributed by atoms with E-state index in [1.165, 1.54) is 26.4 Å². The number of ether oxygens (including phenoxy) is 2. The zero-order chi connectivity index (χ0) is 22.7. The van der Waals surface area contributed by atoms with Gasteiger partial charge in [-0.3, -0.25) is 4.72 Å². The number of hydrogen-bond donors (Lipinski definition) is 2. The summed E-state index contributed by atoms with van der Waals surface area (Å²) in [5, 5.41) is 3.06. The van der Waals surface area contributed by atoms with Gasteiger partial charge in [-0.15, -0.1) is 0 Å². The van der Waals surface area contributed by atoms with Crippen molar-refractivity contribution < 1.29 is 22.3 Å². The van der Waals surface area contributed by atoms with Gasteiger partial charge in [0, 0.05) is 23.9 Å². The first-order valence-electron chi connectivity index (χ1n) is 9.43. The Morgan fingerprint density at radius 2 is 1.44 bits per heavy atom. The molecule has 0 fully saturated rings. The third-order valence-corrected chi connectivity index (χ3v) is 5.86. The molecule has 0 unspecified atom stereocenters. The van der Waals surface area contributed by atoms with Crippen LogP contribution in [0.25, 0.3) is 11.0 Å². The molecule has 164 valence electrons. The molecule has 0 aliphatic rings. The van der Waals surface area contributed by atoms with Gasteiger partial charge in [0.2, 0.25) is 0 Å². The monoisotopic (exact) mass is 454 g/mol. The van der Waals surface area contributed by atoms with Gasteiger partial charge in [-0.05, 0) is 30.3 Å². The van der Waals surface area contributed by atoms with Gasteiger partial charge in [0.25, 0.3) is 10.0 Å². The van der Waals surface area contributed by atoms with Crippen molar-refractivity contribution in [3.05, 3.63) is 72.5 Å². The van der Waals surface area contributed by atoms with E-state index in [2.05, 4.69) is 20.0 Å². The number of para-hydroxylation sites is 2. The highest BCUT2D eigenvalue weighted by Gasteiger charge is 2.20. The van der Waals surface area contributed by atoms with Crippen LogP contribution in [0.4, 0.5) is 21.7 Å². The van der Waals surface area contributed by atoms with Crippen molar-refractivity contribution in [2.45, 2.75) is 4.90 Å². The van der Waals surface area contributed by atoms with Gasteiger partial charge >= 0.3 is 0 Å². The molecule has 4 rings (SSSR count). The van der Waals surface area contributed by atoms with Crippen LogP contribution in [0.2, 0.25) is 0 Å². The minimum absolute atomic E-state index is 0.0465. The topological polar surface area (TPSA) is 102 Å². The number of benzene rings is 3. The molecule has 0 aliphatic heterocycles. The van der Waals surface area contributed by atoms with Crippen LogP contribution in [0.3, 0.4) is 0 Å². The smallest absolute Gasteiger partial charge is 0.263 e. The molecule has 0 amide bonds. The number of hydrogen-bond acceptors (Lipinski definition) is 7. The third-order valence-electron chi connectivity index (χ3n) is 4.52. The number of aromatic nitrogens is 2. The Morgan fingerprint density at radius 1 is 0.812 bits per heavy atom. The minimum Gasteiger partial charge on any atom is -0.497 e. The number of nitrogens with one attached hydrogen (secondary N) is 2. The lowest BCUT2D eigenvalue weighted by atomic mass is 10.2. The molecule has 3 aromatic carbocycles. The van der Waals surface area contributed by atoms with Crippen LogP contribution in [0.5, 0.6) is 11.5 Å². The summed E-state index contributed by atoms with van der Waals surface area (Å²) in [7, 11) is -1.09. The van der Waals surface area contributed by atoms with E-state index in [9.17, 15) is 12.8 Å². The number of rotatable bonds is 7. The highest BCUT2D eigenvalue weighted by molar-refractivity contribution is 7.92. The zero-order valence-electron chi connectivity index (χ0n) is 17.2. The van der Waals surface area contributed by atoms with E-state index in [-0.39, 0.29) is 16.5 Å². The Labute approximate surface area is 184 Å². The van der Waals surface area contributed by atoms with Crippen molar-refractivity contribution in [2.24, 2.45) is 0 Å². The Morgan fingerprint density at radius 3 is 2.03 bits per heavy atom. The van der Waals surface area contributed by atoms with E-state index in [1.807, 2.05) is 0 Å². The predicted molar refractivity (Wildman–Crippen MR) is 120 cm³/mol. The maximum Gasteiger partial charge on any atom is 0.263 e. The predicted octanol–water partition coefficient (Wildman–Crippen LogP) is 4.33. The first kappa shape index (κ1) is 21.3. The largest absolute Gasteiger partial charge is 0.497 e. The van der Waals surface area contributed by atoms with E-state index >= 15 is 0 Å². The molecule has 4 aromatic rings. The number of sulfonamides is 1. The van der Waals surface area contributed by atoms with Crippen LogP contribution in [0.15, 0.2) is 71.6 Å². The number of fused-ring (bicyclic) bond motifs is 1. The summed E-state index contributed by atoms with van der Waals surface area (Å²) in [6.45, 7) is 0. The molecule has 1 aromatic heterocycles. The molecule has 32 heavy (non-hydrogen) atoms. The van der Waals surface area contributed by atoms with Crippen LogP contribution in [-0.2, 0) is 10.0 Å². The van der Waals surface area contributed by atoms with Crippen LogP contribution in [0, 0.1) is 5.82 Å². The van der Waals surface area contributed by atoms with E-state index in [0.29, 0.717) is 28.2 Å². The maximum absolute atomic E-state index is 13.6. The lowest BCUT2D eigenvalue weighted by Gasteiger charge is -2.15. The number of anilines is 3. The molecule has 0 atom stereocenters. The van der Waals surface area contributed by atoms with Gasteiger partial charge in [0.05, 0.1) is 30.1 Å². The summed E-state index contributed by atoms with van der Waals surface area (Å²) in [6, 6.07) is 16.8. The molecule has 0 spiro atoms. The Hall–Kier alpha value is -3.92. The van der Waals surface area contributed by atoms with Crippen LogP contribution >= 0.6 is 0 Å². The van der Waals surface area contributed by atoms with E-state index < -0.39 is 15.8 Å². The third kappa shape index (κ3) is 4.54. The average Bonchev–Trinajstić information content (AvgIpc) is 2.79. The first-order valence-corrected chi connectivity index (χ1v) is 10.9. The van der Waals surface area contributed by atoms with Gasteiger partial charge in [-0.1, -0.05) is 18.2 Å². The normalized spacial score (nSPS) is 11.2. The molecule has 0 saturated carbocycles. The summed E-state index contributed by atoms with van der Waals surface area (Å²) in [4.78, 5) is 8.70. The lowest BCUT2D eigenvalue weighted by molar-refractivity contribution is 0.395. The number of methoxy groups -OCH3 is 2. The fraction of sp³-hybridized carbons (Fsp3) is 0.0909. The average molecular weight is 454 g/mol. The van der Waals surface area contributed by atoms with Crippen LogP contribution < -0.4 is 19.5 Å². The Kier molecular flexibility index (Phi) is 5.78. The van der Waals surface area contributed by atoms with E-state index in [1.54, 1.807) is 42.5 Å². The highest BCUT2D eigenvalue weighted by Crippen LogP contribution is 2.31. The van der Waals surface area contributed by atoms with Gasteiger partial charge in [-0.2, -0.15) is 0 Å². The molecule has 2 N–H and O–H groups in total. The first-order chi connectivity index (χ1) is 15.4. The van der Waals surface area contributed by atoms with Crippen molar-refractivity contribution >= 4 is 38.4 Å². The summed E-state index contributed by atoms with van der Waals surface area (Å²) < 4.78 is 52.3. The van der Waals surface area contributed by atoms with Crippen molar-refractivity contribution in [1.29, 1.82) is 0 Å². The molecule has 0 bridgehead atoms. The van der Waals surface area contributed by atoms with Gasteiger partial charge in [0.1, 0.15) is 17.3 Å². The second-order valence-electron chi connectivity index (χ2n) is 6.70. The summed E-state index contributed by atoms with van der Waals surface area (Å²) >= 11 is 0. The standard InChI is InChI=1S/C22H19FN4O4S/c1-30-16-11-15(12-17(13-16)31-2)24-21-22(26-20-9-4-3-8-19(20)25-21)27-32(28,29)18-7-5-6-14(23)10-18/h3-13H,1-2H3,(H,24,25)(H,26,27). The molecule has 0 radical (unpaired) electrons. The second kappa shape index (κ2) is 8.67. The highest BCUT2D eigenvalue weighted by atomic mass is 32.2. The minimum atomic E-state index is -4.13. The van der Waals surface area contributed by atoms with Crippen LogP contribution in [-0.4, -0.2) is 32.6 Å². The SMILES string of the molecule is COc1cc(Nc2nc3ccccc3nc2NS(=O)(=O)c2cccc(F)c2)cc(OC)c1. The Balaban J connectivity index is 1.79. The van der Waals surface area contributed by atoms with E-state index in [0.717, 1.165) is 12.1 Å². The molecule has 10 heteroatoms. The molecule has 8 nitrogen and oxygen atoms in total. The second-order valence-corrected chi connectivity index (χ2v) is 8.38. The molecule has 1 heterocycles. The number of halogens is 1. The van der Waals surface area contributed by atoms with Crippen molar-refractivity contribution in [3.8, 4) is 11.5 Å².